The van der Waals surface area contributed by atoms with Crippen molar-refractivity contribution in [1.29, 1.82) is 0 Å². The zero-order chi connectivity index (χ0) is 27.7. The summed E-state index contributed by atoms with van der Waals surface area (Å²) >= 11 is 1.70. The first-order valence-electron chi connectivity index (χ1n) is 14.6. The number of thiazole rings is 1. The van der Waals surface area contributed by atoms with Crippen molar-refractivity contribution in [2.24, 2.45) is 0 Å². The van der Waals surface area contributed by atoms with Crippen molar-refractivity contribution in [3.8, 4) is 5.75 Å². The number of benzene rings is 2. The maximum atomic E-state index is 14.5. The third-order valence-corrected chi connectivity index (χ3v) is 7.70. The Morgan fingerprint density at radius 1 is 0.900 bits per heavy atom. The van der Waals surface area contributed by atoms with E-state index in [-0.39, 0.29) is 22.7 Å². The Labute approximate surface area is 254 Å². The monoisotopic (exact) mass is 633 g/mol. The number of rotatable bonds is 18. The summed E-state index contributed by atoms with van der Waals surface area (Å²) in [6.45, 7) is 5.57. The molecule has 0 fully saturated rings. The van der Waals surface area contributed by atoms with Gasteiger partial charge in [0, 0.05) is 35.7 Å². The lowest BCUT2D eigenvalue weighted by Gasteiger charge is -2.11. The van der Waals surface area contributed by atoms with Gasteiger partial charge >= 0.3 is 6.03 Å². The Balaban J connectivity index is 0.00000560. The van der Waals surface area contributed by atoms with Gasteiger partial charge in [0.15, 0.2) is 28.2 Å². The highest BCUT2D eigenvalue weighted by Gasteiger charge is 2.10. The molecule has 5 nitrogen and oxygen atoms in total. The van der Waals surface area contributed by atoms with E-state index in [0.29, 0.717) is 18.0 Å². The van der Waals surface area contributed by atoms with Gasteiger partial charge in [-0.25, -0.2) is 13.8 Å². The topological polar surface area (TPSA) is 55.3 Å². The minimum Gasteiger partial charge on any atom is -1.00 e. The molecule has 40 heavy (non-hydrogen) atoms. The molecule has 0 bridgehead atoms. The van der Waals surface area contributed by atoms with Gasteiger partial charge in [-0.15, -0.1) is 0 Å². The molecule has 0 spiro atoms. The predicted molar refractivity (Wildman–Crippen MR) is 163 cm³/mol. The predicted octanol–water partition coefficient (Wildman–Crippen LogP) is 7.05. The average Bonchev–Trinajstić information content (AvgIpc) is 3.32. The zero-order valence-electron chi connectivity index (χ0n) is 24.0. The summed E-state index contributed by atoms with van der Waals surface area (Å²) in [5, 5.41) is 8.80. The molecule has 0 saturated carbocycles. The fourth-order valence-corrected chi connectivity index (χ4v) is 5.26. The standard InChI is InChI=1S/C32H44FN3O2S.BrH/c1-3-4-5-6-7-8-9-10-11-12-13-14-21-38-31-19-18-29(24-30(31)33)35-32(37)34-28-17-15-16-27(23-28)25-36-20-22-39-26(36)2;/h15-20,22-24H,3-14,21,25H2,1-2H3,(H-,34,35,37);1H. The molecule has 0 aliphatic heterocycles. The fourth-order valence-electron chi connectivity index (χ4n) is 4.60. The van der Waals surface area contributed by atoms with Crippen molar-refractivity contribution in [2.75, 3.05) is 17.2 Å². The third kappa shape index (κ3) is 12.8. The summed E-state index contributed by atoms with van der Waals surface area (Å²) in [6, 6.07) is 11.8. The molecule has 8 heteroatoms. The number of carbonyl (C=O) groups is 1. The quantitative estimate of drug-likeness (QED) is 0.116. The van der Waals surface area contributed by atoms with Gasteiger partial charge in [0.2, 0.25) is 0 Å². The van der Waals surface area contributed by atoms with Crippen LogP contribution in [0.3, 0.4) is 0 Å². The van der Waals surface area contributed by atoms with E-state index in [1.165, 1.54) is 75.3 Å². The number of ether oxygens (including phenoxy) is 1. The van der Waals surface area contributed by atoms with Gasteiger partial charge in [-0.3, -0.25) is 0 Å². The van der Waals surface area contributed by atoms with Gasteiger partial charge in [0.1, 0.15) is 0 Å². The van der Waals surface area contributed by atoms with Gasteiger partial charge in [0.25, 0.3) is 0 Å². The van der Waals surface area contributed by atoms with E-state index >= 15 is 0 Å². The molecule has 220 valence electrons. The Kier molecular flexibility index (Phi) is 16.5. The van der Waals surface area contributed by atoms with Crippen LogP contribution in [0.25, 0.3) is 0 Å². The van der Waals surface area contributed by atoms with Crippen LogP contribution in [0.2, 0.25) is 0 Å². The molecule has 2 N–H and O–H groups in total. The molecule has 1 aromatic heterocycles. The van der Waals surface area contributed by atoms with E-state index < -0.39 is 11.8 Å². The maximum Gasteiger partial charge on any atom is 0.323 e. The molecule has 0 aliphatic rings. The van der Waals surface area contributed by atoms with Gasteiger partial charge in [-0.2, -0.15) is 0 Å². The summed E-state index contributed by atoms with van der Waals surface area (Å²) in [6.07, 6.45) is 17.4. The summed E-state index contributed by atoms with van der Waals surface area (Å²) in [5.74, 6) is -0.255. The van der Waals surface area contributed by atoms with Crippen LogP contribution in [-0.4, -0.2) is 17.2 Å². The van der Waals surface area contributed by atoms with Crippen molar-refractivity contribution in [1.82, 2.24) is 4.57 Å². The normalized spacial score (nSPS) is 10.7. The zero-order valence-corrected chi connectivity index (χ0v) is 26.4. The van der Waals surface area contributed by atoms with Gasteiger partial charge in [-0.1, -0.05) is 89.7 Å². The SMILES string of the molecule is CCCCCCCCCCCCCCOc1ccc(NC(=O)Nc2cccc(Cn3ccs[c+]3C)c2)cc1F.[Br-]. The second-order valence-electron chi connectivity index (χ2n) is 10.2. The largest absolute Gasteiger partial charge is 1.00 e. The number of nitrogens with one attached hydrogen (secondary N) is 2. The number of anilines is 2. The minimum absolute atomic E-state index is 0. The van der Waals surface area contributed by atoms with Crippen LogP contribution in [0.5, 0.6) is 5.75 Å². The number of amides is 2. The number of halogens is 2. The van der Waals surface area contributed by atoms with Crippen LogP contribution in [0.1, 0.15) is 94.5 Å². The highest BCUT2D eigenvalue weighted by Crippen LogP contribution is 2.22. The lowest BCUT2D eigenvalue weighted by atomic mass is 10.1. The van der Waals surface area contributed by atoms with Crippen molar-refractivity contribution in [2.45, 2.75) is 97.4 Å². The van der Waals surface area contributed by atoms with E-state index in [1.807, 2.05) is 30.5 Å². The smallest absolute Gasteiger partial charge is 0.323 e. The number of aromatic nitrogens is 1. The summed E-state index contributed by atoms with van der Waals surface area (Å²) in [7, 11) is 0. The van der Waals surface area contributed by atoms with Gasteiger partial charge in [0.05, 0.1) is 13.2 Å². The van der Waals surface area contributed by atoms with Crippen LogP contribution in [0.4, 0.5) is 20.6 Å². The first kappa shape index (κ1) is 33.8. The fraction of sp³-hybridized carbons (Fsp3) is 0.500. The Bertz CT molecular complexity index is 1140. The average molecular weight is 635 g/mol. The van der Waals surface area contributed by atoms with E-state index in [4.69, 9.17) is 4.74 Å². The molecule has 0 atom stereocenters. The highest BCUT2D eigenvalue weighted by atomic mass is 79.9. The highest BCUT2D eigenvalue weighted by molar-refractivity contribution is 7.09. The van der Waals surface area contributed by atoms with Crippen molar-refractivity contribution >= 4 is 28.7 Å². The van der Waals surface area contributed by atoms with E-state index in [0.717, 1.165) is 24.9 Å². The minimum atomic E-state index is -0.475. The van der Waals surface area contributed by atoms with Crippen LogP contribution in [0.15, 0.2) is 54.0 Å². The molecule has 0 aliphatic carbocycles. The molecular weight excluding hydrogens is 589 g/mol. The van der Waals surface area contributed by atoms with Crippen LogP contribution >= 0.6 is 11.3 Å². The second kappa shape index (κ2) is 19.6. The molecule has 0 saturated heterocycles. The summed E-state index contributed by atoms with van der Waals surface area (Å²) in [5.41, 5.74) is 2.14. The first-order valence-corrected chi connectivity index (χ1v) is 15.5. The molecule has 3 rings (SSSR count). The number of hydrogen-bond acceptors (Lipinski definition) is 3. The molecule has 0 unspecified atom stereocenters. The molecule has 3 aromatic rings. The van der Waals surface area contributed by atoms with Crippen LogP contribution in [-0.2, 0) is 6.54 Å². The summed E-state index contributed by atoms with van der Waals surface area (Å²) < 4.78 is 22.3. The van der Waals surface area contributed by atoms with Crippen LogP contribution in [0, 0.1) is 12.7 Å². The first-order chi connectivity index (χ1) is 19.0. The molecular formula is C32H45BrFN3O2S. The van der Waals surface area contributed by atoms with Gasteiger partial charge in [-0.05, 0) is 36.2 Å². The Morgan fingerprint density at radius 2 is 1.52 bits per heavy atom. The number of nitrogens with zero attached hydrogens (tertiary/aromatic N) is 1. The Hall–Kier alpha value is -2.45. The van der Waals surface area contributed by atoms with E-state index in [9.17, 15) is 9.18 Å². The van der Waals surface area contributed by atoms with Gasteiger partial charge < -0.3 is 32.4 Å². The van der Waals surface area contributed by atoms with Crippen molar-refractivity contribution < 1.29 is 30.9 Å². The lowest BCUT2D eigenvalue weighted by molar-refractivity contribution is -0.0000120. The third-order valence-electron chi connectivity index (χ3n) is 6.87. The van der Waals surface area contributed by atoms with Crippen molar-refractivity contribution in [3.05, 3.63) is 70.4 Å². The Morgan fingerprint density at radius 3 is 2.12 bits per heavy atom. The van der Waals surface area contributed by atoms with Crippen LogP contribution < -0.4 is 32.4 Å². The maximum absolute atomic E-state index is 14.5. The number of urea groups is 1. The molecule has 1 heterocycles. The summed E-state index contributed by atoms with van der Waals surface area (Å²) in [4.78, 5) is 12.5. The number of aryl methyl sites for hydroxylation is 1. The number of carbonyl (C=O) groups excluding carboxylic acids is 1. The molecule has 2 amide bonds. The van der Waals surface area contributed by atoms with Crippen molar-refractivity contribution in [3.63, 3.8) is 0 Å². The van der Waals surface area contributed by atoms with E-state index in [2.05, 4.69) is 34.4 Å². The van der Waals surface area contributed by atoms with E-state index in [1.54, 1.807) is 23.5 Å². The second-order valence-corrected chi connectivity index (χ2v) is 11.3. The number of unbranched alkanes of at least 4 members (excludes halogenated alkanes) is 11. The molecule has 2 aromatic carbocycles. The lowest BCUT2D eigenvalue weighted by Crippen LogP contribution is -3.00. The molecule has 0 radical (unpaired) electrons. The number of hydrogen-bond donors (Lipinski definition) is 2.